The second kappa shape index (κ2) is 8.95. The number of aryl methyl sites for hydroxylation is 1. The Morgan fingerprint density at radius 2 is 1.67 bits per heavy atom. The van der Waals surface area contributed by atoms with Crippen molar-refractivity contribution in [1.82, 2.24) is 4.98 Å². The summed E-state index contributed by atoms with van der Waals surface area (Å²) in [4.78, 5) is 4.09. The molecule has 0 spiro atoms. The van der Waals surface area contributed by atoms with E-state index in [9.17, 15) is 5.11 Å². The van der Waals surface area contributed by atoms with E-state index < -0.39 is 25.4 Å². The Labute approximate surface area is 134 Å². The van der Waals surface area contributed by atoms with Crippen LogP contribution in [0.2, 0.25) is 0 Å². The van der Waals surface area contributed by atoms with E-state index in [0.29, 0.717) is 5.52 Å². The maximum Gasteiger partial charge on any atom is 0.141 e. The standard InChI is InChI=1S/C10H9NO.C4H11NO3.Al/c1-7-4-5-9(12)10-8(7)3-2-6-11-10;5-4(1-6,2-7)3-8;/h2-6,12H,1H3;6-8H,1-3,5H2;. The highest BCUT2D eigenvalue weighted by Gasteiger charge is 2.20. The van der Waals surface area contributed by atoms with Crippen LogP contribution in [0.5, 0.6) is 5.75 Å². The van der Waals surface area contributed by atoms with Crippen LogP contribution in [0.25, 0.3) is 10.9 Å². The summed E-state index contributed by atoms with van der Waals surface area (Å²) in [6.07, 6.45) is 1.68. The Bertz CT molecular complexity index is 513. The molecule has 0 saturated carbocycles. The molecule has 1 heterocycles. The number of fused-ring (bicyclic) bond motifs is 1. The number of hydrogen-bond acceptors (Lipinski definition) is 6. The monoisotopic (exact) mass is 307 g/mol. The lowest BCUT2D eigenvalue weighted by Gasteiger charge is -2.20. The summed E-state index contributed by atoms with van der Waals surface area (Å²) in [5, 5.41) is 35.5. The number of aromatic nitrogens is 1. The molecule has 0 amide bonds. The van der Waals surface area contributed by atoms with Gasteiger partial charge in [0, 0.05) is 28.9 Å². The van der Waals surface area contributed by atoms with Gasteiger partial charge in [-0.3, -0.25) is 4.98 Å². The molecule has 7 heteroatoms. The summed E-state index contributed by atoms with van der Waals surface area (Å²) in [7, 11) is 0. The molecule has 3 radical (unpaired) electrons. The number of aliphatic hydroxyl groups is 3. The Kier molecular flexibility index (Phi) is 8.44. The van der Waals surface area contributed by atoms with E-state index in [1.54, 1.807) is 12.3 Å². The minimum atomic E-state index is -1.21. The predicted molar refractivity (Wildman–Crippen MR) is 82.1 cm³/mol. The Morgan fingerprint density at radius 3 is 2.10 bits per heavy atom. The number of pyridine rings is 1. The van der Waals surface area contributed by atoms with E-state index in [1.807, 2.05) is 25.1 Å². The quantitative estimate of drug-likeness (QED) is 0.489. The average molecular weight is 307 g/mol. The largest absolute Gasteiger partial charge is 0.506 e. The number of nitrogens with two attached hydrogens (primary N) is 1. The zero-order valence-corrected chi connectivity index (χ0v) is 13.1. The molecule has 0 saturated heterocycles. The molecule has 6 nitrogen and oxygen atoms in total. The van der Waals surface area contributed by atoms with Gasteiger partial charge in [-0.1, -0.05) is 12.1 Å². The molecule has 1 aromatic heterocycles. The van der Waals surface area contributed by atoms with E-state index in [2.05, 4.69) is 4.98 Å². The first-order valence-electron chi connectivity index (χ1n) is 6.12. The first-order valence-corrected chi connectivity index (χ1v) is 6.12. The maximum absolute atomic E-state index is 9.43. The summed E-state index contributed by atoms with van der Waals surface area (Å²) >= 11 is 0. The number of phenols is 1. The van der Waals surface area contributed by atoms with Gasteiger partial charge in [-0.25, -0.2) is 0 Å². The first-order chi connectivity index (χ1) is 9.47. The van der Waals surface area contributed by atoms with Crippen molar-refractivity contribution in [3.63, 3.8) is 0 Å². The van der Waals surface area contributed by atoms with Crippen molar-refractivity contribution < 1.29 is 20.4 Å². The molecule has 1 aromatic carbocycles. The van der Waals surface area contributed by atoms with E-state index in [-0.39, 0.29) is 23.1 Å². The van der Waals surface area contributed by atoms with Crippen molar-refractivity contribution in [2.45, 2.75) is 12.5 Å². The fourth-order valence-corrected chi connectivity index (χ4v) is 1.45. The zero-order valence-electron chi connectivity index (χ0n) is 11.9. The minimum absolute atomic E-state index is 0. The van der Waals surface area contributed by atoms with Crippen molar-refractivity contribution in [3.05, 3.63) is 36.0 Å². The number of aromatic hydroxyl groups is 1. The van der Waals surface area contributed by atoms with Gasteiger partial charge < -0.3 is 26.2 Å². The molecule has 0 atom stereocenters. The lowest BCUT2D eigenvalue weighted by molar-refractivity contribution is 0.0698. The van der Waals surface area contributed by atoms with Crippen LogP contribution >= 0.6 is 0 Å². The van der Waals surface area contributed by atoms with Crippen molar-refractivity contribution in [3.8, 4) is 5.75 Å². The van der Waals surface area contributed by atoms with Crippen LogP contribution in [-0.2, 0) is 0 Å². The summed E-state index contributed by atoms with van der Waals surface area (Å²) in [6, 6.07) is 7.39. The number of nitrogens with zero attached hydrogens (tertiary/aromatic N) is 1. The van der Waals surface area contributed by atoms with E-state index in [0.717, 1.165) is 10.9 Å². The SMILES string of the molecule is Cc1ccc(O)c2ncccc12.NC(CO)(CO)CO.[Al]. The zero-order chi connectivity index (χ0) is 15.2. The molecule has 21 heavy (non-hydrogen) atoms. The predicted octanol–water partition coefficient (Wildman–Crippen LogP) is -0.471. The van der Waals surface area contributed by atoms with Crippen molar-refractivity contribution in [2.24, 2.45) is 5.73 Å². The second-order valence-corrected chi connectivity index (χ2v) is 4.64. The lowest BCUT2D eigenvalue weighted by atomic mass is 10.1. The number of aliphatic hydroxyl groups excluding tert-OH is 3. The molecular formula is C14H20AlN2O4. The van der Waals surface area contributed by atoms with Gasteiger partial charge in [0.2, 0.25) is 0 Å². The van der Waals surface area contributed by atoms with Crippen LogP contribution in [0.15, 0.2) is 30.5 Å². The van der Waals surface area contributed by atoms with Crippen LogP contribution in [0.4, 0.5) is 0 Å². The van der Waals surface area contributed by atoms with Crippen LogP contribution < -0.4 is 5.73 Å². The fraction of sp³-hybridized carbons (Fsp3) is 0.357. The van der Waals surface area contributed by atoms with Gasteiger partial charge in [-0.15, -0.1) is 0 Å². The molecule has 0 aliphatic heterocycles. The van der Waals surface area contributed by atoms with Gasteiger partial charge >= 0.3 is 0 Å². The first kappa shape index (κ1) is 19.8. The molecule has 113 valence electrons. The molecule has 0 fully saturated rings. The molecule has 2 aromatic rings. The van der Waals surface area contributed by atoms with Gasteiger partial charge in [0.1, 0.15) is 11.3 Å². The van der Waals surface area contributed by atoms with Crippen LogP contribution in [0.3, 0.4) is 0 Å². The number of hydrogen-bond donors (Lipinski definition) is 5. The Hall–Kier alpha value is -1.20. The van der Waals surface area contributed by atoms with Crippen molar-refractivity contribution >= 4 is 28.3 Å². The third-order valence-corrected chi connectivity index (χ3v) is 2.91. The fourth-order valence-electron chi connectivity index (χ4n) is 1.45. The van der Waals surface area contributed by atoms with Gasteiger partial charge in [0.05, 0.1) is 25.4 Å². The topological polar surface area (TPSA) is 120 Å². The van der Waals surface area contributed by atoms with E-state index in [1.165, 1.54) is 0 Å². The van der Waals surface area contributed by atoms with Crippen LogP contribution in [0.1, 0.15) is 5.56 Å². The van der Waals surface area contributed by atoms with Crippen LogP contribution in [-0.4, -0.2) is 68.1 Å². The Balaban J connectivity index is 0.000000397. The Morgan fingerprint density at radius 1 is 1.10 bits per heavy atom. The summed E-state index contributed by atoms with van der Waals surface area (Å²) in [5.74, 6) is 0.246. The van der Waals surface area contributed by atoms with Gasteiger partial charge in [-0.05, 0) is 24.6 Å². The number of benzene rings is 1. The summed E-state index contributed by atoms with van der Waals surface area (Å²) < 4.78 is 0. The maximum atomic E-state index is 9.43. The number of phenolic OH excluding ortho intramolecular Hbond substituents is 1. The third-order valence-electron chi connectivity index (χ3n) is 2.91. The van der Waals surface area contributed by atoms with Crippen LogP contribution in [0, 0.1) is 6.92 Å². The van der Waals surface area contributed by atoms with E-state index in [4.69, 9.17) is 21.1 Å². The summed E-state index contributed by atoms with van der Waals surface area (Å²) in [5.41, 5.74) is 5.75. The summed E-state index contributed by atoms with van der Waals surface area (Å²) in [6.45, 7) is 0.795. The van der Waals surface area contributed by atoms with Gasteiger partial charge in [-0.2, -0.15) is 0 Å². The molecule has 6 N–H and O–H groups in total. The number of rotatable bonds is 3. The van der Waals surface area contributed by atoms with Crippen molar-refractivity contribution in [2.75, 3.05) is 19.8 Å². The molecular weight excluding hydrogens is 287 g/mol. The highest BCUT2D eigenvalue weighted by molar-refractivity contribution is 5.86. The average Bonchev–Trinajstić information content (AvgIpc) is 2.51. The molecule has 2 rings (SSSR count). The second-order valence-electron chi connectivity index (χ2n) is 4.64. The third kappa shape index (κ3) is 5.25. The van der Waals surface area contributed by atoms with E-state index >= 15 is 0 Å². The molecule has 0 unspecified atom stereocenters. The van der Waals surface area contributed by atoms with Crippen molar-refractivity contribution in [1.29, 1.82) is 0 Å². The molecule has 0 bridgehead atoms. The van der Waals surface area contributed by atoms with Gasteiger partial charge in [0.25, 0.3) is 0 Å². The molecule has 0 aliphatic rings. The van der Waals surface area contributed by atoms with Gasteiger partial charge in [0.15, 0.2) is 0 Å². The minimum Gasteiger partial charge on any atom is -0.506 e. The highest BCUT2D eigenvalue weighted by Crippen LogP contribution is 2.24. The lowest BCUT2D eigenvalue weighted by Crippen LogP contribution is -2.50. The normalized spacial score (nSPS) is 10.5. The highest BCUT2D eigenvalue weighted by atomic mass is 27.0. The molecule has 0 aliphatic carbocycles. The smallest absolute Gasteiger partial charge is 0.141 e.